The van der Waals surface area contributed by atoms with Crippen molar-refractivity contribution in [1.82, 2.24) is 9.80 Å². The van der Waals surface area contributed by atoms with Crippen LogP contribution in [0.15, 0.2) is 0 Å². The van der Waals surface area contributed by atoms with Crippen LogP contribution >= 0.6 is 0 Å². The first kappa shape index (κ1) is 14.3. The van der Waals surface area contributed by atoms with E-state index >= 15 is 0 Å². The highest BCUT2D eigenvalue weighted by molar-refractivity contribution is 5.82. The van der Waals surface area contributed by atoms with Crippen LogP contribution in [0.25, 0.3) is 0 Å². The molecule has 2 aliphatic rings. The lowest BCUT2D eigenvalue weighted by Crippen LogP contribution is -2.53. The Morgan fingerprint density at radius 3 is 2.47 bits per heavy atom. The van der Waals surface area contributed by atoms with Crippen LogP contribution < -0.4 is 0 Å². The average molecular weight is 268 g/mol. The number of fused-ring (bicyclic) bond motifs is 1. The number of carboxylic acid groups (broad SMARTS) is 1. The largest absolute Gasteiger partial charge is 0.480 e. The monoisotopic (exact) mass is 268 g/mol. The number of carbonyl (C=O) groups is 2. The number of nitrogens with zero attached hydrogens (tertiary/aromatic N) is 2. The first-order valence-electron chi connectivity index (χ1n) is 7.15. The van der Waals surface area contributed by atoms with E-state index in [0.717, 1.165) is 19.3 Å². The normalized spacial score (nSPS) is 32.7. The zero-order valence-corrected chi connectivity index (χ0v) is 12.0. The number of rotatable bonds is 3. The van der Waals surface area contributed by atoms with Gasteiger partial charge in [-0.2, -0.15) is 0 Å². The summed E-state index contributed by atoms with van der Waals surface area (Å²) in [7, 11) is 3.45. The molecule has 4 atom stereocenters. The molecule has 5 heteroatoms. The molecule has 1 aliphatic carbocycles. The Hall–Kier alpha value is -1.10. The fourth-order valence-corrected chi connectivity index (χ4v) is 3.78. The van der Waals surface area contributed by atoms with Crippen molar-refractivity contribution in [3.8, 4) is 0 Å². The third-order valence-electron chi connectivity index (χ3n) is 4.67. The van der Waals surface area contributed by atoms with Gasteiger partial charge in [-0.15, -0.1) is 0 Å². The van der Waals surface area contributed by atoms with E-state index in [1.807, 2.05) is 11.8 Å². The number of aliphatic carboxylic acids is 1. The fraction of sp³-hybridized carbons (Fsp3) is 0.857. The Morgan fingerprint density at radius 2 is 1.89 bits per heavy atom. The molecule has 1 aliphatic heterocycles. The Bertz CT molecular complexity index is 370. The number of hydrogen-bond donors (Lipinski definition) is 1. The molecule has 1 saturated carbocycles. The van der Waals surface area contributed by atoms with Gasteiger partial charge in [0, 0.05) is 20.1 Å². The summed E-state index contributed by atoms with van der Waals surface area (Å²) in [5.74, 6) is -0.336. The highest BCUT2D eigenvalue weighted by Crippen LogP contribution is 2.41. The van der Waals surface area contributed by atoms with Gasteiger partial charge in [0.05, 0.1) is 6.04 Å². The Labute approximate surface area is 114 Å². The highest BCUT2D eigenvalue weighted by atomic mass is 16.4. The molecule has 5 nitrogen and oxygen atoms in total. The molecule has 4 unspecified atom stereocenters. The Balaban J connectivity index is 2.22. The second-order valence-corrected chi connectivity index (χ2v) is 6.06. The minimum atomic E-state index is -0.784. The van der Waals surface area contributed by atoms with E-state index < -0.39 is 12.0 Å². The molecule has 2 rings (SSSR count). The van der Waals surface area contributed by atoms with Crippen LogP contribution in [-0.2, 0) is 9.59 Å². The van der Waals surface area contributed by atoms with Crippen LogP contribution in [0.4, 0.5) is 0 Å². The van der Waals surface area contributed by atoms with Crippen LogP contribution in [0.3, 0.4) is 0 Å². The SMILES string of the molecule is CC(C(=O)N(C)C)N1C(C(=O)O)CC2CCCCC21. The van der Waals surface area contributed by atoms with Gasteiger partial charge in [0.1, 0.15) is 6.04 Å². The van der Waals surface area contributed by atoms with Gasteiger partial charge >= 0.3 is 5.97 Å². The summed E-state index contributed by atoms with van der Waals surface area (Å²) in [5, 5.41) is 9.43. The zero-order chi connectivity index (χ0) is 14.2. The van der Waals surface area contributed by atoms with Gasteiger partial charge in [-0.25, -0.2) is 0 Å². The van der Waals surface area contributed by atoms with Crippen molar-refractivity contribution in [2.75, 3.05) is 14.1 Å². The van der Waals surface area contributed by atoms with Crippen molar-refractivity contribution in [2.24, 2.45) is 5.92 Å². The van der Waals surface area contributed by atoms with E-state index in [9.17, 15) is 14.7 Å². The summed E-state index contributed by atoms with van der Waals surface area (Å²) >= 11 is 0. The van der Waals surface area contributed by atoms with Crippen molar-refractivity contribution in [1.29, 1.82) is 0 Å². The molecule has 0 aromatic rings. The van der Waals surface area contributed by atoms with Crippen LogP contribution in [0, 0.1) is 5.92 Å². The zero-order valence-electron chi connectivity index (χ0n) is 12.0. The molecule has 108 valence electrons. The lowest BCUT2D eigenvalue weighted by molar-refractivity contribution is -0.146. The van der Waals surface area contributed by atoms with Gasteiger partial charge in [0.15, 0.2) is 0 Å². The Morgan fingerprint density at radius 1 is 1.26 bits per heavy atom. The summed E-state index contributed by atoms with van der Waals surface area (Å²) in [6.07, 6.45) is 5.17. The first-order chi connectivity index (χ1) is 8.93. The third-order valence-corrected chi connectivity index (χ3v) is 4.67. The molecule has 0 aromatic heterocycles. The molecule has 1 amide bonds. The number of carbonyl (C=O) groups excluding carboxylic acids is 1. The molecule has 0 aromatic carbocycles. The standard InChI is InChI=1S/C14H24N2O3/c1-9(13(17)15(2)3)16-11-7-5-4-6-10(11)8-12(16)14(18)19/h9-12H,4-8H2,1-3H3,(H,18,19). The molecule has 0 radical (unpaired) electrons. The number of hydrogen-bond acceptors (Lipinski definition) is 3. The van der Waals surface area contributed by atoms with Crippen molar-refractivity contribution in [2.45, 2.75) is 57.2 Å². The van der Waals surface area contributed by atoms with Gasteiger partial charge in [-0.3, -0.25) is 14.5 Å². The maximum Gasteiger partial charge on any atom is 0.320 e. The molecular formula is C14H24N2O3. The average Bonchev–Trinajstić information content (AvgIpc) is 2.76. The molecule has 1 heterocycles. The molecule has 0 spiro atoms. The van der Waals surface area contributed by atoms with E-state index in [-0.39, 0.29) is 18.0 Å². The molecule has 1 N–H and O–H groups in total. The second-order valence-electron chi connectivity index (χ2n) is 6.06. The fourth-order valence-electron chi connectivity index (χ4n) is 3.78. The lowest BCUT2D eigenvalue weighted by atomic mass is 9.84. The van der Waals surface area contributed by atoms with Gasteiger partial charge in [-0.05, 0) is 32.1 Å². The molecule has 1 saturated heterocycles. The van der Waals surface area contributed by atoms with Crippen molar-refractivity contribution in [3.05, 3.63) is 0 Å². The van der Waals surface area contributed by atoms with E-state index in [1.54, 1.807) is 19.0 Å². The predicted octanol–water partition coefficient (Wildman–Crippen LogP) is 1.18. The van der Waals surface area contributed by atoms with E-state index in [1.165, 1.54) is 6.42 Å². The molecular weight excluding hydrogens is 244 g/mol. The van der Waals surface area contributed by atoms with Crippen molar-refractivity contribution in [3.63, 3.8) is 0 Å². The lowest BCUT2D eigenvalue weighted by Gasteiger charge is -2.37. The maximum absolute atomic E-state index is 12.2. The van der Waals surface area contributed by atoms with Gasteiger partial charge in [0.2, 0.25) is 5.91 Å². The smallest absolute Gasteiger partial charge is 0.320 e. The highest BCUT2D eigenvalue weighted by Gasteiger charge is 2.48. The second kappa shape index (κ2) is 5.49. The summed E-state index contributed by atoms with van der Waals surface area (Å²) < 4.78 is 0. The van der Waals surface area contributed by atoms with E-state index in [4.69, 9.17) is 0 Å². The quantitative estimate of drug-likeness (QED) is 0.835. The first-order valence-corrected chi connectivity index (χ1v) is 7.15. The van der Waals surface area contributed by atoms with Crippen LogP contribution in [0.5, 0.6) is 0 Å². The van der Waals surface area contributed by atoms with Crippen LogP contribution in [0.1, 0.15) is 39.0 Å². The molecule has 19 heavy (non-hydrogen) atoms. The summed E-state index contributed by atoms with van der Waals surface area (Å²) in [6, 6.07) is -0.565. The van der Waals surface area contributed by atoms with Crippen LogP contribution in [0.2, 0.25) is 0 Å². The number of likely N-dealkylation sites (tertiary alicyclic amines) is 1. The minimum absolute atomic E-state index is 0.00234. The predicted molar refractivity (Wildman–Crippen MR) is 71.8 cm³/mol. The van der Waals surface area contributed by atoms with Crippen LogP contribution in [-0.4, -0.2) is 59.0 Å². The summed E-state index contributed by atoms with van der Waals surface area (Å²) in [5.41, 5.74) is 0. The van der Waals surface area contributed by atoms with Crippen molar-refractivity contribution >= 4 is 11.9 Å². The number of amides is 1. The molecule has 0 bridgehead atoms. The maximum atomic E-state index is 12.2. The van der Waals surface area contributed by atoms with Gasteiger partial charge < -0.3 is 10.0 Å². The third kappa shape index (κ3) is 2.61. The van der Waals surface area contributed by atoms with Gasteiger partial charge in [-0.1, -0.05) is 12.8 Å². The topological polar surface area (TPSA) is 60.9 Å². The molecule has 2 fully saturated rings. The minimum Gasteiger partial charge on any atom is -0.480 e. The summed E-state index contributed by atoms with van der Waals surface area (Å²) in [6.45, 7) is 1.84. The van der Waals surface area contributed by atoms with E-state index in [0.29, 0.717) is 12.3 Å². The summed E-state index contributed by atoms with van der Waals surface area (Å²) in [4.78, 5) is 27.2. The Kier molecular flexibility index (Phi) is 4.13. The van der Waals surface area contributed by atoms with Crippen molar-refractivity contribution < 1.29 is 14.7 Å². The van der Waals surface area contributed by atoms with Gasteiger partial charge in [0.25, 0.3) is 0 Å². The van der Waals surface area contributed by atoms with E-state index in [2.05, 4.69) is 0 Å². The number of carboxylic acids is 1. The number of likely N-dealkylation sites (N-methyl/N-ethyl adjacent to an activating group) is 1.